The van der Waals surface area contributed by atoms with Crippen molar-refractivity contribution in [3.63, 3.8) is 0 Å². The van der Waals surface area contributed by atoms with Crippen LogP contribution in [0.15, 0.2) is 79.1 Å². The van der Waals surface area contributed by atoms with E-state index in [1.165, 1.54) is 0 Å². The maximum atomic E-state index is 12.3. The number of nitrogens with one attached hydrogen (secondary N) is 2. The number of ether oxygens (including phenoxy) is 2. The standard InChI is InChI=1S/C33H34Cl2N4O6/c34-31-32(35)39(20-37-31)18-26-16-28(23-10-8-21(19-40)9-11-23)45-33(44-26)24-14-12-22(13-15-24)27-5-2-1-4-25(27)17-36-29(41)6-3-7-30(42)38-43/h1-2,4-5,8-15,20,26,28,33,40,43H,3,6-7,16-19H2,(H,36,41)(H,38,42)/t26-,28+,33+/m0/s1. The fraction of sp³-hybridized carbons (Fsp3) is 0.303. The number of aliphatic hydroxyl groups excluding tert-OH is 1. The summed E-state index contributed by atoms with van der Waals surface area (Å²) in [4.78, 5) is 27.6. The topological polar surface area (TPSA) is 135 Å². The summed E-state index contributed by atoms with van der Waals surface area (Å²) in [6.45, 7) is 0.736. The zero-order chi connectivity index (χ0) is 31.8. The fourth-order valence-corrected chi connectivity index (χ4v) is 5.56. The molecule has 4 N–H and O–H groups in total. The number of halogens is 2. The molecule has 1 aliphatic rings. The van der Waals surface area contributed by atoms with Gasteiger partial charge < -0.3 is 24.5 Å². The first-order chi connectivity index (χ1) is 21.8. The summed E-state index contributed by atoms with van der Waals surface area (Å²) in [5.74, 6) is -0.692. The maximum Gasteiger partial charge on any atom is 0.243 e. The lowest BCUT2D eigenvalue weighted by molar-refractivity contribution is -0.252. The Hall–Kier alpha value is -3.77. The SMILES string of the molecule is O=C(CCCC(=O)NCc1ccccc1-c1ccc([C@@H]2O[C@H](Cn3cnc(Cl)c3Cl)C[C@H](c3ccc(CO)cc3)O2)cc1)NO. The highest BCUT2D eigenvalue weighted by Gasteiger charge is 2.33. The average Bonchev–Trinajstić information content (AvgIpc) is 3.39. The van der Waals surface area contributed by atoms with Crippen LogP contribution in [-0.4, -0.2) is 37.8 Å². The van der Waals surface area contributed by atoms with Crippen molar-refractivity contribution in [2.75, 3.05) is 0 Å². The Morgan fingerprint density at radius 3 is 2.33 bits per heavy atom. The number of nitrogens with zero attached hydrogens (tertiary/aromatic N) is 2. The molecule has 5 rings (SSSR count). The monoisotopic (exact) mass is 652 g/mol. The van der Waals surface area contributed by atoms with E-state index in [0.29, 0.717) is 31.1 Å². The molecule has 0 radical (unpaired) electrons. The first-order valence-electron chi connectivity index (χ1n) is 14.6. The minimum Gasteiger partial charge on any atom is -0.392 e. The van der Waals surface area contributed by atoms with Crippen molar-refractivity contribution >= 4 is 35.0 Å². The molecule has 0 saturated carbocycles. The van der Waals surface area contributed by atoms with E-state index in [9.17, 15) is 14.7 Å². The molecule has 1 saturated heterocycles. The Kier molecular flexibility index (Phi) is 11.2. The Bertz CT molecular complexity index is 1600. The zero-order valence-corrected chi connectivity index (χ0v) is 25.9. The predicted molar refractivity (Wildman–Crippen MR) is 168 cm³/mol. The Balaban J connectivity index is 1.30. The molecule has 3 atom stereocenters. The number of hydrogen-bond donors (Lipinski definition) is 4. The molecule has 12 heteroatoms. The van der Waals surface area contributed by atoms with Crippen LogP contribution in [0.4, 0.5) is 0 Å². The molecule has 2 amide bonds. The largest absolute Gasteiger partial charge is 0.392 e. The van der Waals surface area contributed by atoms with Gasteiger partial charge in [0.25, 0.3) is 0 Å². The molecule has 0 aliphatic carbocycles. The molecule has 4 aromatic rings. The van der Waals surface area contributed by atoms with Gasteiger partial charge >= 0.3 is 0 Å². The number of hydroxylamine groups is 1. The number of aromatic nitrogens is 2. The van der Waals surface area contributed by atoms with Gasteiger partial charge in [-0.25, -0.2) is 10.5 Å². The number of carbonyl (C=O) groups is 2. The molecule has 1 aromatic heterocycles. The molecule has 236 valence electrons. The molecule has 45 heavy (non-hydrogen) atoms. The quantitative estimate of drug-likeness (QED) is 0.111. The van der Waals surface area contributed by atoms with Crippen molar-refractivity contribution < 1.29 is 29.4 Å². The van der Waals surface area contributed by atoms with E-state index in [1.54, 1.807) is 16.4 Å². The van der Waals surface area contributed by atoms with Crippen molar-refractivity contribution in [1.29, 1.82) is 0 Å². The molecular formula is C33H34Cl2N4O6. The predicted octanol–water partition coefficient (Wildman–Crippen LogP) is 5.89. The minimum absolute atomic E-state index is 0.0343. The van der Waals surface area contributed by atoms with Gasteiger partial charge in [-0.15, -0.1) is 0 Å². The molecule has 3 aromatic carbocycles. The highest BCUT2D eigenvalue weighted by molar-refractivity contribution is 6.40. The number of imidazole rings is 1. The van der Waals surface area contributed by atoms with Crippen molar-refractivity contribution in [2.45, 2.75) is 63.9 Å². The third kappa shape index (κ3) is 8.49. The summed E-state index contributed by atoms with van der Waals surface area (Å²) in [5, 5.41) is 21.6. The average molecular weight is 654 g/mol. The third-order valence-electron chi connectivity index (χ3n) is 7.67. The van der Waals surface area contributed by atoms with E-state index < -0.39 is 12.2 Å². The summed E-state index contributed by atoms with van der Waals surface area (Å²) >= 11 is 12.4. The second-order valence-corrected chi connectivity index (χ2v) is 11.5. The lowest BCUT2D eigenvalue weighted by Crippen LogP contribution is -2.32. The van der Waals surface area contributed by atoms with Gasteiger partial charge in [0.1, 0.15) is 5.15 Å². The van der Waals surface area contributed by atoms with Crippen molar-refractivity contribution in [2.24, 2.45) is 0 Å². The van der Waals surface area contributed by atoms with Gasteiger partial charge in [-0.3, -0.25) is 14.8 Å². The summed E-state index contributed by atoms with van der Waals surface area (Å²) in [7, 11) is 0. The molecule has 0 unspecified atom stereocenters. The van der Waals surface area contributed by atoms with Crippen LogP contribution >= 0.6 is 23.2 Å². The molecular weight excluding hydrogens is 619 g/mol. The van der Waals surface area contributed by atoms with Crippen molar-refractivity contribution in [3.05, 3.63) is 112 Å². The van der Waals surface area contributed by atoms with Crippen molar-refractivity contribution in [1.82, 2.24) is 20.3 Å². The number of hydrogen-bond acceptors (Lipinski definition) is 7. The number of carbonyl (C=O) groups excluding carboxylic acids is 2. The lowest BCUT2D eigenvalue weighted by atomic mass is 9.97. The second-order valence-electron chi connectivity index (χ2n) is 10.8. The first kappa shape index (κ1) is 32.6. The van der Waals surface area contributed by atoms with Crippen LogP contribution in [0.2, 0.25) is 10.3 Å². The molecule has 2 heterocycles. The normalized spacial score (nSPS) is 18.0. The van der Waals surface area contributed by atoms with Crippen molar-refractivity contribution in [3.8, 4) is 11.1 Å². The first-order valence-corrected chi connectivity index (χ1v) is 15.3. The van der Waals surface area contributed by atoms with E-state index in [-0.39, 0.29) is 42.7 Å². The number of amides is 2. The summed E-state index contributed by atoms with van der Waals surface area (Å²) < 4.78 is 14.7. The molecule has 10 nitrogen and oxygen atoms in total. The van der Waals surface area contributed by atoms with E-state index in [1.807, 2.05) is 72.8 Å². The van der Waals surface area contributed by atoms with Gasteiger partial charge in [0, 0.05) is 31.4 Å². The fourth-order valence-electron chi connectivity index (χ4n) is 5.25. The molecule has 0 spiro atoms. The lowest BCUT2D eigenvalue weighted by Gasteiger charge is -2.36. The van der Waals surface area contributed by atoms with Gasteiger partial charge in [-0.05, 0) is 34.2 Å². The van der Waals surface area contributed by atoms with Gasteiger partial charge in [-0.2, -0.15) is 0 Å². The Labute approximate surface area is 270 Å². The summed E-state index contributed by atoms with van der Waals surface area (Å²) in [5.41, 5.74) is 7.09. The maximum absolute atomic E-state index is 12.3. The van der Waals surface area contributed by atoms with E-state index in [0.717, 1.165) is 33.4 Å². The van der Waals surface area contributed by atoms with Gasteiger partial charge in [-0.1, -0.05) is 96.0 Å². The van der Waals surface area contributed by atoms with Crippen LogP contribution < -0.4 is 10.8 Å². The van der Waals surface area contributed by atoms with Gasteiger partial charge in [0.15, 0.2) is 11.4 Å². The van der Waals surface area contributed by atoms with Crippen LogP contribution in [0.1, 0.15) is 60.3 Å². The zero-order valence-electron chi connectivity index (χ0n) is 24.4. The third-order valence-corrected chi connectivity index (χ3v) is 8.44. The Morgan fingerprint density at radius 2 is 1.64 bits per heavy atom. The minimum atomic E-state index is -0.652. The summed E-state index contributed by atoms with van der Waals surface area (Å²) in [6.07, 6.45) is 1.59. The molecule has 0 bridgehead atoms. The van der Waals surface area contributed by atoms with Crippen LogP contribution in [0.5, 0.6) is 0 Å². The smallest absolute Gasteiger partial charge is 0.243 e. The Morgan fingerprint density at radius 1 is 0.933 bits per heavy atom. The highest BCUT2D eigenvalue weighted by Crippen LogP contribution is 2.39. The van der Waals surface area contributed by atoms with Crippen LogP contribution in [0, 0.1) is 0 Å². The van der Waals surface area contributed by atoms with Crippen LogP contribution in [-0.2, 0) is 38.8 Å². The van der Waals surface area contributed by atoms with E-state index in [4.69, 9.17) is 37.9 Å². The number of rotatable bonds is 12. The molecule has 1 aliphatic heterocycles. The van der Waals surface area contributed by atoms with Crippen LogP contribution in [0.3, 0.4) is 0 Å². The highest BCUT2D eigenvalue weighted by atomic mass is 35.5. The molecule has 1 fully saturated rings. The van der Waals surface area contributed by atoms with Gasteiger partial charge in [0.05, 0.1) is 31.7 Å². The summed E-state index contributed by atoms with van der Waals surface area (Å²) in [6, 6.07) is 23.4. The van der Waals surface area contributed by atoms with Crippen LogP contribution in [0.25, 0.3) is 11.1 Å². The van der Waals surface area contributed by atoms with Gasteiger partial charge in [0.2, 0.25) is 11.8 Å². The number of benzene rings is 3. The second kappa shape index (κ2) is 15.5. The van der Waals surface area contributed by atoms with E-state index >= 15 is 0 Å². The van der Waals surface area contributed by atoms with E-state index in [2.05, 4.69) is 10.3 Å². The number of aliphatic hydroxyl groups is 1.